The van der Waals surface area contributed by atoms with Crippen LogP contribution in [-0.2, 0) is 0 Å². The molecule has 2 fully saturated rings. The van der Waals surface area contributed by atoms with Gasteiger partial charge in [-0.2, -0.15) is 0 Å². The number of urea groups is 1. The minimum atomic E-state index is 0.0517. The molecule has 24 heavy (non-hydrogen) atoms. The molecule has 0 aromatic heterocycles. The summed E-state index contributed by atoms with van der Waals surface area (Å²) in [6, 6.07) is 0.0517. The summed E-state index contributed by atoms with van der Waals surface area (Å²) in [5.41, 5.74) is 1.17. The largest absolute Gasteiger partial charge is 0.336 e. The number of piperidine rings is 2. The quantitative estimate of drug-likeness (QED) is 0.758. The molecular formula is C19H36N4O. The Morgan fingerprint density at radius 2 is 1.79 bits per heavy atom. The fourth-order valence-electron chi connectivity index (χ4n) is 4.01. The Balaban J connectivity index is 2.00. The van der Waals surface area contributed by atoms with E-state index in [2.05, 4.69) is 28.7 Å². The topological polar surface area (TPSA) is 38.8 Å². The lowest BCUT2D eigenvalue weighted by Gasteiger charge is -2.50. The summed E-state index contributed by atoms with van der Waals surface area (Å²) in [6.07, 6.45) is 6.23. The van der Waals surface area contributed by atoms with Crippen molar-refractivity contribution in [3.8, 4) is 0 Å². The minimum Gasteiger partial charge on any atom is -0.336 e. The third-order valence-electron chi connectivity index (χ3n) is 5.64. The highest BCUT2D eigenvalue weighted by Crippen LogP contribution is 2.30. The summed E-state index contributed by atoms with van der Waals surface area (Å²) in [7, 11) is 2.20. The summed E-state index contributed by atoms with van der Waals surface area (Å²) in [4.78, 5) is 19.5. The van der Waals surface area contributed by atoms with E-state index in [1.807, 2.05) is 18.7 Å². The van der Waals surface area contributed by atoms with Gasteiger partial charge in [0.1, 0.15) is 0 Å². The van der Waals surface area contributed by atoms with Crippen molar-refractivity contribution in [1.29, 1.82) is 0 Å². The van der Waals surface area contributed by atoms with Gasteiger partial charge in [-0.05, 0) is 72.8 Å². The predicted octanol–water partition coefficient (Wildman–Crippen LogP) is 2.54. The standard InChI is InChI=1S/C19H36N4O/c1-5-22(15-17(2)3)18(24)20-16-19(9-13-21(4)14-10-19)23-11-7-6-8-12-23/h2,5-16H2,1,3-4H3,(H,20,24). The summed E-state index contributed by atoms with van der Waals surface area (Å²) in [5, 5.41) is 3.25. The number of likely N-dealkylation sites (tertiary alicyclic amines) is 2. The van der Waals surface area contributed by atoms with Crippen LogP contribution in [0.15, 0.2) is 12.2 Å². The normalized spacial score (nSPS) is 22.1. The minimum absolute atomic E-state index is 0.0517. The third kappa shape index (κ3) is 4.96. The van der Waals surface area contributed by atoms with Crippen LogP contribution in [0.25, 0.3) is 0 Å². The fourth-order valence-corrected chi connectivity index (χ4v) is 4.01. The molecule has 0 radical (unpaired) electrons. The molecule has 1 N–H and O–H groups in total. The van der Waals surface area contributed by atoms with Gasteiger partial charge in [-0.3, -0.25) is 4.90 Å². The first kappa shape index (κ1) is 19.3. The Kier molecular flexibility index (Phi) is 7.11. The molecule has 0 aromatic carbocycles. The highest BCUT2D eigenvalue weighted by molar-refractivity contribution is 5.74. The maximum Gasteiger partial charge on any atom is 0.317 e. The number of rotatable bonds is 6. The van der Waals surface area contributed by atoms with Crippen LogP contribution in [0.1, 0.15) is 46.0 Å². The van der Waals surface area contributed by atoms with Crippen LogP contribution in [0.4, 0.5) is 4.79 Å². The molecule has 0 saturated carbocycles. The van der Waals surface area contributed by atoms with Crippen LogP contribution in [-0.4, -0.2) is 79.1 Å². The van der Waals surface area contributed by atoms with E-state index in [0.29, 0.717) is 6.54 Å². The molecule has 2 rings (SSSR count). The number of hydrogen-bond donors (Lipinski definition) is 1. The number of nitrogens with one attached hydrogen (secondary N) is 1. The van der Waals surface area contributed by atoms with E-state index >= 15 is 0 Å². The van der Waals surface area contributed by atoms with E-state index in [-0.39, 0.29) is 11.6 Å². The van der Waals surface area contributed by atoms with Crippen molar-refractivity contribution in [2.75, 3.05) is 52.9 Å². The van der Waals surface area contributed by atoms with Gasteiger partial charge in [0.2, 0.25) is 0 Å². The SMILES string of the molecule is C=C(C)CN(CC)C(=O)NCC1(N2CCCCC2)CCN(C)CC1. The molecule has 5 nitrogen and oxygen atoms in total. The van der Waals surface area contributed by atoms with Gasteiger partial charge in [-0.25, -0.2) is 4.79 Å². The third-order valence-corrected chi connectivity index (χ3v) is 5.64. The average molecular weight is 337 g/mol. The van der Waals surface area contributed by atoms with E-state index in [4.69, 9.17) is 0 Å². The van der Waals surface area contributed by atoms with Crippen molar-refractivity contribution in [2.45, 2.75) is 51.5 Å². The molecule has 0 atom stereocenters. The van der Waals surface area contributed by atoms with Gasteiger partial charge in [0.05, 0.1) is 0 Å². The Hall–Kier alpha value is -1.07. The van der Waals surface area contributed by atoms with Crippen LogP contribution in [0.2, 0.25) is 0 Å². The first-order valence-corrected chi connectivity index (χ1v) is 9.57. The Morgan fingerprint density at radius 3 is 2.33 bits per heavy atom. The average Bonchev–Trinajstić information content (AvgIpc) is 2.60. The van der Waals surface area contributed by atoms with E-state index in [9.17, 15) is 4.79 Å². The van der Waals surface area contributed by atoms with Crippen molar-refractivity contribution in [2.24, 2.45) is 0 Å². The molecule has 0 aromatic rings. The molecule has 0 unspecified atom stereocenters. The van der Waals surface area contributed by atoms with Crippen LogP contribution in [0, 0.1) is 0 Å². The lowest BCUT2D eigenvalue weighted by molar-refractivity contribution is 0.0155. The van der Waals surface area contributed by atoms with Crippen LogP contribution < -0.4 is 5.32 Å². The van der Waals surface area contributed by atoms with Gasteiger partial charge in [0.15, 0.2) is 0 Å². The zero-order valence-corrected chi connectivity index (χ0v) is 15.9. The highest BCUT2D eigenvalue weighted by Gasteiger charge is 2.40. The maximum absolute atomic E-state index is 12.6. The van der Waals surface area contributed by atoms with Crippen LogP contribution in [0.3, 0.4) is 0 Å². The molecule has 2 aliphatic rings. The van der Waals surface area contributed by atoms with Gasteiger partial charge >= 0.3 is 6.03 Å². The van der Waals surface area contributed by atoms with E-state index in [1.54, 1.807) is 0 Å². The second kappa shape index (κ2) is 8.86. The lowest BCUT2D eigenvalue weighted by Crippen LogP contribution is -2.62. The van der Waals surface area contributed by atoms with E-state index < -0.39 is 0 Å². The van der Waals surface area contributed by atoms with Crippen molar-refractivity contribution in [3.05, 3.63) is 12.2 Å². The smallest absolute Gasteiger partial charge is 0.317 e. The number of nitrogens with zero attached hydrogens (tertiary/aromatic N) is 3. The lowest BCUT2D eigenvalue weighted by atomic mass is 9.84. The molecule has 2 amide bonds. The van der Waals surface area contributed by atoms with Gasteiger partial charge < -0.3 is 15.1 Å². The van der Waals surface area contributed by atoms with E-state index in [0.717, 1.165) is 44.6 Å². The zero-order valence-electron chi connectivity index (χ0n) is 15.9. The van der Waals surface area contributed by atoms with Crippen molar-refractivity contribution < 1.29 is 4.79 Å². The molecule has 5 heteroatoms. The zero-order chi connectivity index (χ0) is 17.6. The number of carbonyl (C=O) groups excluding carboxylic acids is 1. The molecule has 138 valence electrons. The molecule has 0 spiro atoms. The molecule has 0 aliphatic carbocycles. The summed E-state index contributed by atoms with van der Waals surface area (Å²) < 4.78 is 0. The van der Waals surface area contributed by atoms with Gasteiger partial charge in [0.25, 0.3) is 0 Å². The fraction of sp³-hybridized carbons (Fsp3) is 0.842. The maximum atomic E-state index is 12.6. The molecule has 2 saturated heterocycles. The Labute approximate surface area is 148 Å². The highest BCUT2D eigenvalue weighted by atomic mass is 16.2. The summed E-state index contributed by atoms with van der Waals surface area (Å²) in [6.45, 7) is 14.7. The molecule has 2 heterocycles. The molecule has 2 aliphatic heterocycles. The number of likely N-dealkylation sites (N-methyl/N-ethyl adjacent to an activating group) is 1. The summed E-state index contributed by atoms with van der Waals surface area (Å²) >= 11 is 0. The van der Waals surface area contributed by atoms with Crippen molar-refractivity contribution in [3.63, 3.8) is 0 Å². The van der Waals surface area contributed by atoms with Crippen molar-refractivity contribution >= 4 is 6.03 Å². The van der Waals surface area contributed by atoms with Gasteiger partial charge in [-0.15, -0.1) is 0 Å². The molecule has 0 bridgehead atoms. The summed E-state index contributed by atoms with van der Waals surface area (Å²) in [5.74, 6) is 0. The van der Waals surface area contributed by atoms with Gasteiger partial charge in [0, 0.05) is 25.2 Å². The predicted molar refractivity (Wildman–Crippen MR) is 100 cm³/mol. The van der Waals surface area contributed by atoms with E-state index in [1.165, 1.54) is 32.4 Å². The first-order chi connectivity index (χ1) is 11.5. The molecular weight excluding hydrogens is 300 g/mol. The van der Waals surface area contributed by atoms with Crippen molar-refractivity contribution in [1.82, 2.24) is 20.0 Å². The number of carbonyl (C=O) groups is 1. The second-order valence-electron chi connectivity index (χ2n) is 7.71. The monoisotopic (exact) mass is 336 g/mol. The van der Waals surface area contributed by atoms with Gasteiger partial charge in [-0.1, -0.05) is 18.6 Å². The second-order valence-corrected chi connectivity index (χ2v) is 7.71. The number of amides is 2. The van der Waals surface area contributed by atoms with Crippen LogP contribution >= 0.6 is 0 Å². The number of hydrogen-bond acceptors (Lipinski definition) is 3. The Bertz CT molecular complexity index is 423. The van der Waals surface area contributed by atoms with Crippen LogP contribution in [0.5, 0.6) is 0 Å². The first-order valence-electron chi connectivity index (χ1n) is 9.57. The Morgan fingerprint density at radius 1 is 1.17 bits per heavy atom.